The van der Waals surface area contributed by atoms with E-state index < -0.39 is 23.7 Å². The third-order valence-electron chi connectivity index (χ3n) is 3.52. The normalized spacial score (nSPS) is 9.90. The Kier molecular flexibility index (Phi) is 8.31. The second kappa shape index (κ2) is 11.2. The van der Waals surface area contributed by atoms with Crippen molar-refractivity contribution in [2.75, 3.05) is 13.2 Å². The minimum Gasteiger partial charge on any atom is -0.493 e. The molecule has 0 saturated carbocycles. The summed E-state index contributed by atoms with van der Waals surface area (Å²) in [5, 5.41) is 0. The van der Waals surface area contributed by atoms with Crippen LogP contribution in [-0.4, -0.2) is 31.1 Å². The van der Waals surface area contributed by atoms with Crippen molar-refractivity contribution in [1.29, 1.82) is 0 Å². The predicted molar refractivity (Wildman–Crippen MR) is 105 cm³/mol. The van der Waals surface area contributed by atoms with Gasteiger partial charge in [0, 0.05) is 12.5 Å². The molecule has 7 nitrogen and oxygen atoms in total. The van der Waals surface area contributed by atoms with Crippen LogP contribution >= 0.6 is 0 Å². The summed E-state index contributed by atoms with van der Waals surface area (Å²) in [5.74, 6) is -2.32. The zero-order valence-electron chi connectivity index (χ0n) is 16.0. The van der Waals surface area contributed by atoms with Crippen molar-refractivity contribution in [3.63, 3.8) is 0 Å². The van der Waals surface area contributed by atoms with Crippen LogP contribution in [0.4, 0.5) is 4.39 Å². The fraction of sp³-hybridized carbons (Fsp3) is 0.136. The van der Waals surface area contributed by atoms with Crippen molar-refractivity contribution >= 4 is 17.9 Å². The lowest BCUT2D eigenvalue weighted by Gasteiger charge is -2.08. The van der Waals surface area contributed by atoms with E-state index in [2.05, 4.69) is 17.9 Å². The number of esters is 3. The monoisotopic (exact) mass is 414 g/mol. The molecular formula is C22H19FO7. The fourth-order valence-corrected chi connectivity index (χ4v) is 2.08. The van der Waals surface area contributed by atoms with Crippen LogP contribution in [0.15, 0.2) is 73.6 Å². The first-order chi connectivity index (χ1) is 14.4. The predicted octanol–water partition coefficient (Wildman–Crippen LogP) is 3.79. The van der Waals surface area contributed by atoms with Gasteiger partial charge < -0.3 is 18.9 Å². The largest absolute Gasteiger partial charge is 0.493 e. The van der Waals surface area contributed by atoms with Gasteiger partial charge in [0.2, 0.25) is 5.83 Å². The highest BCUT2D eigenvalue weighted by atomic mass is 19.1. The van der Waals surface area contributed by atoms with E-state index in [1.807, 2.05) is 0 Å². The second-order valence-electron chi connectivity index (χ2n) is 5.75. The van der Waals surface area contributed by atoms with Crippen LogP contribution in [0.1, 0.15) is 16.8 Å². The maximum absolute atomic E-state index is 12.4. The Morgan fingerprint density at radius 2 is 1.43 bits per heavy atom. The molecule has 156 valence electrons. The van der Waals surface area contributed by atoms with Crippen LogP contribution in [0.2, 0.25) is 0 Å². The number of hydrogen-bond donors (Lipinski definition) is 0. The molecule has 0 aliphatic heterocycles. The van der Waals surface area contributed by atoms with Crippen molar-refractivity contribution in [2.45, 2.75) is 6.42 Å². The Morgan fingerprint density at radius 1 is 0.867 bits per heavy atom. The maximum atomic E-state index is 12.4. The number of carbonyl (C=O) groups excluding carboxylic acids is 3. The molecule has 30 heavy (non-hydrogen) atoms. The topological polar surface area (TPSA) is 88.1 Å². The Bertz CT molecular complexity index is 918. The molecule has 0 atom stereocenters. The molecule has 0 aliphatic carbocycles. The molecule has 0 aromatic heterocycles. The van der Waals surface area contributed by atoms with Gasteiger partial charge in [-0.05, 0) is 48.5 Å². The second-order valence-corrected chi connectivity index (χ2v) is 5.75. The summed E-state index contributed by atoms with van der Waals surface area (Å²) < 4.78 is 32.7. The number of ether oxygens (including phenoxy) is 4. The molecule has 8 heteroatoms. The molecule has 0 amide bonds. The van der Waals surface area contributed by atoms with Gasteiger partial charge >= 0.3 is 17.9 Å². The average molecular weight is 414 g/mol. The summed E-state index contributed by atoms with van der Waals surface area (Å²) in [4.78, 5) is 34.2. The van der Waals surface area contributed by atoms with Crippen molar-refractivity contribution in [3.05, 3.63) is 79.2 Å². The molecule has 2 rings (SSSR count). The van der Waals surface area contributed by atoms with Crippen LogP contribution in [-0.2, 0) is 14.3 Å². The van der Waals surface area contributed by atoms with Gasteiger partial charge in [0.15, 0.2) is 0 Å². The average Bonchev–Trinajstić information content (AvgIpc) is 2.74. The lowest BCUT2D eigenvalue weighted by molar-refractivity contribution is -0.141. The summed E-state index contributed by atoms with van der Waals surface area (Å²) in [6, 6.07) is 12.2. The van der Waals surface area contributed by atoms with Gasteiger partial charge in [-0.1, -0.05) is 13.2 Å². The van der Waals surface area contributed by atoms with Crippen LogP contribution < -0.4 is 14.2 Å². The number of rotatable bonds is 10. The molecule has 0 radical (unpaired) electrons. The zero-order valence-corrected chi connectivity index (χ0v) is 16.0. The van der Waals surface area contributed by atoms with Crippen molar-refractivity contribution < 1.29 is 37.7 Å². The van der Waals surface area contributed by atoms with Crippen molar-refractivity contribution in [1.82, 2.24) is 0 Å². The van der Waals surface area contributed by atoms with E-state index in [0.29, 0.717) is 23.5 Å². The Hall–Kier alpha value is -3.94. The third-order valence-corrected chi connectivity index (χ3v) is 3.52. The van der Waals surface area contributed by atoms with Crippen LogP contribution in [0.25, 0.3) is 0 Å². The van der Waals surface area contributed by atoms with Crippen molar-refractivity contribution in [3.8, 4) is 17.2 Å². The number of carbonyl (C=O) groups is 3. The van der Waals surface area contributed by atoms with E-state index in [1.165, 1.54) is 36.4 Å². The van der Waals surface area contributed by atoms with Gasteiger partial charge in [0.1, 0.15) is 17.2 Å². The number of halogens is 1. The summed E-state index contributed by atoms with van der Waals surface area (Å²) in [5.41, 5.74) is 0.305. The van der Waals surface area contributed by atoms with Gasteiger partial charge in [-0.2, -0.15) is 4.39 Å². The Labute approximate surface area is 172 Å². The minimum absolute atomic E-state index is 0.00222. The zero-order chi connectivity index (χ0) is 21.9. The van der Waals surface area contributed by atoms with Crippen LogP contribution in [0.5, 0.6) is 17.2 Å². The molecule has 0 aliphatic rings. The first kappa shape index (κ1) is 22.4. The maximum Gasteiger partial charge on any atom is 0.366 e. The van der Waals surface area contributed by atoms with Gasteiger partial charge in [-0.25, -0.2) is 14.4 Å². The highest BCUT2D eigenvalue weighted by Crippen LogP contribution is 2.20. The van der Waals surface area contributed by atoms with Crippen LogP contribution in [0, 0.1) is 0 Å². The Morgan fingerprint density at radius 3 is 2.00 bits per heavy atom. The first-order valence-corrected chi connectivity index (χ1v) is 8.80. The lowest BCUT2D eigenvalue weighted by atomic mass is 10.2. The van der Waals surface area contributed by atoms with E-state index in [0.717, 1.165) is 6.08 Å². The SMILES string of the molecule is C=CC(=O)Oc1ccc(OC(=O)c2ccc(OCCCOC(=O)C(=C)F)cc2)cc1. The molecule has 0 saturated heterocycles. The smallest absolute Gasteiger partial charge is 0.366 e. The van der Waals surface area contributed by atoms with Gasteiger partial charge in [-0.15, -0.1) is 0 Å². The highest BCUT2D eigenvalue weighted by molar-refractivity contribution is 5.91. The van der Waals surface area contributed by atoms with E-state index in [-0.39, 0.29) is 19.0 Å². The molecule has 0 unspecified atom stereocenters. The van der Waals surface area contributed by atoms with E-state index >= 15 is 0 Å². The summed E-state index contributed by atoms with van der Waals surface area (Å²) >= 11 is 0. The summed E-state index contributed by atoms with van der Waals surface area (Å²) in [6.07, 6.45) is 1.40. The minimum atomic E-state index is -1.15. The molecule has 0 bridgehead atoms. The molecule has 0 fully saturated rings. The van der Waals surface area contributed by atoms with E-state index in [1.54, 1.807) is 12.1 Å². The fourth-order valence-electron chi connectivity index (χ4n) is 2.08. The third kappa shape index (κ3) is 7.23. The molecule has 0 N–H and O–H groups in total. The number of benzene rings is 2. The lowest BCUT2D eigenvalue weighted by Crippen LogP contribution is -2.09. The standard InChI is InChI=1S/C22H19FO7/c1-3-20(24)29-18-9-11-19(12-10-18)30-22(26)16-5-7-17(8-6-16)27-13-4-14-28-21(25)15(2)23/h3,5-12H,1-2,4,13-14H2. The summed E-state index contributed by atoms with van der Waals surface area (Å²) in [7, 11) is 0. The Balaban J connectivity index is 1.79. The first-order valence-electron chi connectivity index (χ1n) is 8.80. The van der Waals surface area contributed by atoms with Crippen molar-refractivity contribution in [2.24, 2.45) is 0 Å². The van der Waals surface area contributed by atoms with Gasteiger partial charge in [0.25, 0.3) is 0 Å². The van der Waals surface area contributed by atoms with E-state index in [4.69, 9.17) is 14.2 Å². The van der Waals surface area contributed by atoms with Gasteiger partial charge in [-0.3, -0.25) is 0 Å². The van der Waals surface area contributed by atoms with Gasteiger partial charge in [0.05, 0.1) is 18.8 Å². The quantitative estimate of drug-likeness (QED) is 0.253. The molecular weight excluding hydrogens is 395 g/mol. The summed E-state index contributed by atoms with van der Waals surface area (Å²) in [6.45, 7) is 6.37. The molecule has 0 heterocycles. The molecule has 2 aromatic rings. The molecule has 0 spiro atoms. The highest BCUT2D eigenvalue weighted by Gasteiger charge is 2.10. The number of hydrogen-bond acceptors (Lipinski definition) is 7. The van der Waals surface area contributed by atoms with Crippen LogP contribution in [0.3, 0.4) is 0 Å². The molecule has 2 aromatic carbocycles. The van der Waals surface area contributed by atoms with E-state index in [9.17, 15) is 18.8 Å².